The third kappa shape index (κ3) is 4.10. The summed E-state index contributed by atoms with van der Waals surface area (Å²) in [6, 6.07) is 16.1. The lowest BCUT2D eigenvalue weighted by Crippen LogP contribution is -1.92. The molecule has 0 amide bonds. The molecule has 0 saturated heterocycles. The first-order chi connectivity index (χ1) is 11.5. The van der Waals surface area contributed by atoms with Crippen molar-refractivity contribution in [3.8, 4) is 11.3 Å². The largest absolute Gasteiger partial charge is 0.149 e. The molecule has 0 N–H and O–H groups in total. The average molecular weight is 375 g/mol. The number of aromatic nitrogens is 2. The number of rotatable bonds is 4. The lowest BCUT2D eigenvalue weighted by molar-refractivity contribution is 0.934. The summed E-state index contributed by atoms with van der Waals surface area (Å²) >= 11 is 13.6. The zero-order valence-electron chi connectivity index (χ0n) is 13.4. The van der Waals surface area contributed by atoms with Crippen LogP contribution in [0.4, 0.5) is 0 Å². The summed E-state index contributed by atoms with van der Waals surface area (Å²) in [6.45, 7) is 4.17. The van der Waals surface area contributed by atoms with Gasteiger partial charge in [0.2, 0.25) is 0 Å². The Hall–Kier alpha value is -1.55. The van der Waals surface area contributed by atoms with Crippen molar-refractivity contribution < 1.29 is 0 Å². The molecule has 5 heteroatoms. The summed E-state index contributed by atoms with van der Waals surface area (Å²) in [5, 5.41) is 10.7. The van der Waals surface area contributed by atoms with Gasteiger partial charge in [0.1, 0.15) is 5.03 Å². The first-order valence-corrected chi connectivity index (χ1v) is 9.25. The fourth-order valence-corrected chi connectivity index (χ4v) is 3.42. The Morgan fingerprint density at radius 3 is 2.42 bits per heavy atom. The highest BCUT2D eigenvalue weighted by molar-refractivity contribution is 7.98. The second-order valence-corrected chi connectivity index (χ2v) is 7.42. The highest BCUT2D eigenvalue weighted by Crippen LogP contribution is 2.28. The molecule has 24 heavy (non-hydrogen) atoms. The minimum atomic E-state index is 0.572. The minimum absolute atomic E-state index is 0.572. The molecule has 0 saturated carbocycles. The summed E-state index contributed by atoms with van der Waals surface area (Å²) in [6.07, 6.45) is 0. The molecule has 3 rings (SSSR count). The monoisotopic (exact) mass is 374 g/mol. The maximum absolute atomic E-state index is 6.04. The molecular weight excluding hydrogens is 359 g/mol. The lowest BCUT2D eigenvalue weighted by Gasteiger charge is -2.07. The van der Waals surface area contributed by atoms with Gasteiger partial charge in [-0.2, -0.15) is 0 Å². The highest BCUT2D eigenvalue weighted by Gasteiger charge is 2.06. The molecule has 0 fully saturated rings. The summed E-state index contributed by atoms with van der Waals surface area (Å²) in [7, 11) is 0. The second-order valence-electron chi connectivity index (χ2n) is 5.61. The molecule has 0 aliphatic heterocycles. The van der Waals surface area contributed by atoms with Crippen LogP contribution >= 0.6 is 35.0 Å². The van der Waals surface area contributed by atoms with Crippen LogP contribution in [-0.4, -0.2) is 10.2 Å². The van der Waals surface area contributed by atoms with Gasteiger partial charge in [0, 0.05) is 11.3 Å². The Labute approximate surface area is 156 Å². The van der Waals surface area contributed by atoms with E-state index in [-0.39, 0.29) is 0 Å². The summed E-state index contributed by atoms with van der Waals surface area (Å²) < 4.78 is 0. The highest BCUT2D eigenvalue weighted by atomic mass is 35.5. The molecule has 122 valence electrons. The Morgan fingerprint density at radius 1 is 0.875 bits per heavy atom. The first kappa shape index (κ1) is 17.3. The molecule has 1 heterocycles. The molecule has 0 aliphatic rings. The van der Waals surface area contributed by atoms with Crippen molar-refractivity contribution in [3.63, 3.8) is 0 Å². The molecular formula is C19H16Cl2N2S. The number of aryl methyl sites for hydroxylation is 2. The SMILES string of the molecule is Cc1ccc(C)c(-c2ccc(SCc3ccc(Cl)c(Cl)c3)nn2)c1. The van der Waals surface area contributed by atoms with Gasteiger partial charge in [-0.05, 0) is 55.3 Å². The van der Waals surface area contributed by atoms with Crippen molar-refractivity contribution in [2.24, 2.45) is 0 Å². The standard InChI is InChI=1S/C19H16Cl2N2S/c1-12-3-4-13(2)15(9-12)18-7-8-19(23-22-18)24-11-14-5-6-16(20)17(21)10-14/h3-10H,11H2,1-2H3. The number of hydrogen-bond donors (Lipinski definition) is 0. The molecule has 1 aromatic heterocycles. The summed E-state index contributed by atoms with van der Waals surface area (Å²) in [4.78, 5) is 0. The summed E-state index contributed by atoms with van der Waals surface area (Å²) in [5.74, 6) is 0.772. The van der Waals surface area contributed by atoms with Crippen LogP contribution in [0.15, 0.2) is 53.6 Å². The Kier molecular flexibility index (Phi) is 5.44. The molecule has 0 aliphatic carbocycles. The van der Waals surface area contributed by atoms with E-state index in [4.69, 9.17) is 23.2 Å². The maximum Gasteiger partial charge on any atom is 0.119 e. The number of nitrogens with zero attached hydrogens (tertiary/aromatic N) is 2. The van der Waals surface area contributed by atoms with Crippen LogP contribution in [0.25, 0.3) is 11.3 Å². The zero-order chi connectivity index (χ0) is 17.1. The van der Waals surface area contributed by atoms with E-state index in [0.717, 1.165) is 27.6 Å². The lowest BCUT2D eigenvalue weighted by atomic mass is 10.0. The predicted octanol–water partition coefficient (Wildman–Crippen LogP) is 6.36. The van der Waals surface area contributed by atoms with Crippen molar-refractivity contribution in [3.05, 3.63) is 75.3 Å². The molecule has 0 radical (unpaired) electrons. The number of hydrogen-bond acceptors (Lipinski definition) is 3. The Morgan fingerprint density at radius 2 is 1.71 bits per heavy atom. The number of halogens is 2. The molecule has 0 spiro atoms. The Balaban J connectivity index is 1.72. The van der Waals surface area contributed by atoms with Gasteiger partial charge in [0.15, 0.2) is 0 Å². The zero-order valence-corrected chi connectivity index (χ0v) is 15.7. The van der Waals surface area contributed by atoms with E-state index >= 15 is 0 Å². The van der Waals surface area contributed by atoms with E-state index in [1.807, 2.05) is 30.3 Å². The number of benzene rings is 2. The average Bonchev–Trinajstić information content (AvgIpc) is 2.59. The van der Waals surface area contributed by atoms with Crippen LogP contribution in [0.2, 0.25) is 10.0 Å². The smallest absolute Gasteiger partial charge is 0.119 e. The van der Waals surface area contributed by atoms with Crippen molar-refractivity contribution in [1.82, 2.24) is 10.2 Å². The molecule has 0 unspecified atom stereocenters. The van der Waals surface area contributed by atoms with Gasteiger partial charge in [0.25, 0.3) is 0 Å². The molecule has 0 atom stereocenters. The van der Waals surface area contributed by atoms with Crippen molar-refractivity contribution in [1.29, 1.82) is 0 Å². The van der Waals surface area contributed by atoms with Crippen LogP contribution in [0.5, 0.6) is 0 Å². The van der Waals surface area contributed by atoms with Crippen LogP contribution in [-0.2, 0) is 5.75 Å². The summed E-state index contributed by atoms with van der Waals surface area (Å²) in [5.41, 5.74) is 5.55. The minimum Gasteiger partial charge on any atom is -0.149 e. The van der Waals surface area contributed by atoms with Gasteiger partial charge in [0.05, 0.1) is 15.7 Å². The van der Waals surface area contributed by atoms with Gasteiger partial charge < -0.3 is 0 Å². The van der Waals surface area contributed by atoms with Crippen molar-refractivity contribution >= 4 is 35.0 Å². The van der Waals surface area contributed by atoms with Gasteiger partial charge in [-0.25, -0.2) is 0 Å². The van der Waals surface area contributed by atoms with Gasteiger partial charge in [-0.3, -0.25) is 0 Å². The topological polar surface area (TPSA) is 25.8 Å². The normalized spacial score (nSPS) is 10.8. The van der Waals surface area contributed by atoms with Crippen molar-refractivity contribution in [2.45, 2.75) is 24.6 Å². The van der Waals surface area contributed by atoms with Crippen LogP contribution in [0, 0.1) is 13.8 Å². The molecule has 0 bridgehead atoms. The third-order valence-electron chi connectivity index (χ3n) is 3.68. The van der Waals surface area contributed by atoms with Crippen molar-refractivity contribution in [2.75, 3.05) is 0 Å². The van der Waals surface area contributed by atoms with E-state index in [1.54, 1.807) is 11.8 Å². The van der Waals surface area contributed by atoms with Gasteiger partial charge in [-0.1, -0.05) is 58.7 Å². The predicted molar refractivity (Wildman–Crippen MR) is 103 cm³/mol. The fraction of sp³-hybridized carbons (Fsp3) is 0.158. The van der Waals surface area contributed by atoms with E-state index in [2.05, 4.69) is 42.2 Å². The van der Waals surface area contributed by atoms with Gasteiger partial charge >= 0.3 is 0 Å². The van der Waals surface area contributed by atoms with E-state index in [0.29, 0.717) is 10.0 Å². The Bertz CT molecular complexity index is 864. The van der Waals surface area contributed by atoms with Gasteiger partial charge in [-0.15, -0.1) is 10.2 Å². The molecule has 3 aromatic rings. The van der Waals surface area contributed by atoms with Crippen LogP contribution in [0.3, 0.4) is 0 Å². The van der Waals surface area contributed by atoms with Crippen LogP contribution in [0.1, 0.15) is 16.7 Å². The fourth-order valence-electron chi connectivity index (χ4n) is 2.34. The van der Waals surface area contributed by atoms with E-state index in [1.165, 1.54) is 11.1 Å². The molecule has 2 aromatic carbocycles. The first-order valence-electron chi connectivity index (χ1n) is 7.51. The second kappa shape index (κ2) is 7.56. The third-order valence-corrected chi connectivity index (χ3v) is 5.41. The number of thioether (sulfide) groups is 1. The quantitative estimate of drug-likeness (QED) is 0.496. The van der Waals surface area contributed by atoms with Crippen LogP contribution < -0.4 is 0 Å². The van der Waals surface area contributed by atoms with E-state index in [9.17, 15) is 0 Å². The van der Waals surface area contributed by atoms with E-state index < -0.39 is 0 Å². The maximum atomic E-state index is 6.04. The molecule has 2 nitrogen and oxygen atoms in total.